The van der Waals surface area contributed by atoms with E-state index >= 15 is 0 Å². The minimum Gasteiger partial charge on any atom is -0.455 e. The first-order valence-corrected chi connectivity index (χ1v) is 8.12. The molecule has 2 amide bonds. The van der Waals surface area contributed by atoms with Crippen molar-refractivity contribution in [1.29, 1.82) is 0 Å². The summed E-state index contributed by atoms with van der Waals surface area (Å²) in [4.78, 5) is 39.2. The fraction of sp³-hybridized carbons (Fsp3) is 0.500. The molecule has 130 valence electrons. The van der Waals surface area contributed by atoms with Crippen LogP contribution in [0.15, 0.2) is 24.3 Å². The third-order valence-electron chi connectivity index (χ3n) is 4.33. The van der Waals surface area contributed by atoms with E-state index in [-0.39, 0.29) is 30.3 Å². The molecule has 1 fully saturated rings. The summed E-state index contributed by atoms with van der Waals surface area (Å²) in [6.07, 6.45) is 1.12. The fourth-order valence-electron chi connectivity index (χ4n) is 2.68. The number of likely N-dealkylation sites (tertiary alicyclic amines) is 1. The first kappa shape index (κ1) is 18.0. The Kier molecular flexibility index (Phi) is 5.95. The summed E-state index contributed by atoms with van der Waals surface area (Å²) in [6.45, 7) is 2.73. The Balaban J connectivity index is 1.85. The van der Waals surface area contributed by atoms with E-state index in [0.29, 0.717) is 31.5 Å². The van der Waals surface area contributed by atoms with Gasteiger partial charge in [-0.1, -0.05) is 18.2 Å². The van der Waals surface area contributed by atoms with E-state index in [0.717, 1.165) is 5.56 Å². The number of esters is 1. The first-order valence-electron chi connectivity index (χ1n) is 8.12. The zero-order valence-electron chi connectivity index (χ0n) is 14.4. The Hall–Kier alpha value is -2.37. The molecule has 1 saturated heterocycles. The molecule has 0 aromatic heterocycles. The summed E-state index contributed by atoms with van der Waals surface area (Å²) in [6, 6.07) is 7.50. The van der Waals surface area contributed by atoms with E-state index in [9.17, 15) is 14.4 Å². The number of ether oxygens (including phenoxy) is 1. The summed E-state index contributed by atoms with van der Waals surface area (Å²) < 4.78 is 5.07. The third kappa shape index (κ3) is 4.34. The van der Waals surface area contributed by atoms with Gasteiger partial charge in [0.1, 0.15) is 0 Å². The lowest BCUT2D eigenvalue weighted by Crippen LogP contribution is -2.41. The topological polar surface area (TPSA) is 66.9 Å². The molecule has 0 atom stereocenters. The summed E-state index contributed by atoms with van der Waals surface area (Å²) in [7, 11) is 3.23. The van der Waals surface area contributed by atoms with Gasteiger partial charge in [0.25, 0.3) is 11.8 Å². The van der Waals surface area contributed by atoms with Crippen LogP contribution >= 0.6 is 0 Å². The number of benzene rings is 1. The second-order valence-corrected chi connectivity index (χ2v) is 6.28. The lowest BCUT2D eigenvalue weighted by molar-refractivity contribution is -0.155. The van der Waals surface area contributed by atoms with Gasteiger partial charge in [-0.25, -0.2) is 0 Å². The number of likely N-dealkylation sites (N-methyl/N-ethyl adjacent to an activating group) is 1. The monoisotopic (exact) mass is 332 g/mol. The molecular weight excluding hydrogens is 308 g/mol. The van der Waals surface area contributed by atoms with Crippen molar-refractivity contribution in [3.05, 3.63) is 35.4 Å². The second-order valence-electron chi connectivity index (χ2n) is 6.28. The van der Waals surface area contributed by atoms with Crippen LogP contribution in [0.1, 0.15) is 28.8 Å². The van der Waals surface area contributed by atoms with Crippen molar-refractivity contribution < 1.29 is 19.1 Å². The number of carbonyl (C=O) groups excluding carboxylic acids is 3. The number of nitrogens with zero attached hydrogens (tertiary/aromatic N) is 2. The molecule has 24 heavy (non-hydrogen) atoms. The molecule has 1 aliphatic rings. The zero-order valence-corrected chi connectivity index (χ0v) is 14.4. The van der Waals surface area contributed by atoms with Crippen LogP contribution in [0, 0.1) is 12.8 Å². The highest BCUT2D eigenvalue weighted by atomic mass is 16.5. The maximum atomic E-state index is 12.5. The number of hydrogen-bond acceptors (Lipinski definition) is 4. The number of aryl methyl sites for hydroxylation is 1. The number of carbonyl (C=O) groups is 3. The summed E-state index contributed by atoms with van der Waals surface area (Å²) in [5, 5.41) is 0. The highest BCUT2D eigenvalue weighted by molar-refractivity contribution is 5.95. The van der Waals surface area contributed by atoms with Crippen molar-refractivity contribution >= 4 is 17.8 Å². The molecule has 1 heterocycles. The van der Waals surface area contributed by atoms with Crippen LogP contribution in [0.5, 0.6) is 0 Å². The SMILES string of the molecule is Cc1ccccc1C(=O)N1CCC(C(=O)OCC(=O)N(C)C)CC1. The maximum Gasteiger partial charge on any atom is 0.309 e. The van der Waals surface area contributed by atoms with E-state index in [1.807, 2.05) is 31.2 Å². The Labute approximate surface area is 142 Å². The molecule has 1 aromatic rings. The van der Waals surface area contributed by atoms with Crippen LogP contribution < -0.4 is 0 Å². The van der Waals surface area contributed by atoms with Crippen LogP contribution in [-0.2, 0) is 14.3 Å². The predicted octanol–water partition coefficient (Wildman–Crippen LogP) is 1.48. The Morgan fingerprint density at radius 2 is 1.79 bits per heavy atom. The quantitative estimate of drug-likeness (QED) is 0.783. The number of hydrogen-bond donors (Lipinski definition) is 0. The highest BCUT2D eigenvalue weighted by Gasteiger charge is 2.29. The lowest BCUT2D eigenvalue weighted by Gasteiger charge is -2.31. The van der Waals surface area contributed by atoms with E-state index in [4.69, 9.17) is 4.74 Å². The summed E-state index contributed by atoms with van der Waals surface area (Å²) in [5.41, 5.74) is 1.65. The minimum atomic E-state index is -0.354. The van der Waals surface area contributed by atoms with Gasteiger partial charge in [0.05, 0.1) is 5.92 Å². The standard InChI is InChI=1S/C18H24N2O4/c1-13-6-4-5-7-15(13)17(22)20-10-8-14(9-11-20)18(23)24-12-16(21)19(2)3/h4-7,14H,8-12H2,1-3H3. The Bertz CT molecular complexity index is 619. The van der Waals surface area contributed by atoms with Crippen molar-refractivity contribution in [3.8, 4) is 0 Å². The van der Waals surface area contributed by atoms with Gasteiger partial charge in [0, 0.05) is 32.7 Å². The number of rotatable bonds is 4. The van der Waals surface area contributed by atoms with Crippen LogP contribution in [0.2, 0.25) is 0 Å². The molecule has 0 aliphatic carbocycles. The van der Waals surface area contributed by atoms with Crippen molar-refractivity contribution in [1.82, 2.24) is 9.80 Å². The molecule has 2 rings (SSSR count). The molecule has 0 bridgehead atoms. The highest BCUT2D eigenvalue weighted by Crippen LogP contribution is 2.21. The number of amides is 2. The van der Waals surface area contributed by atoms with Gasteiger partial charge in [-0.3, -0.25) is 14.4 Å². The molecule has 6 heteroatoms. The molecule has 0 unspecified atom stereocenters. The molecule has 1 aliphatic heterocycles. The van der Waals surface area contributed by atoms with Gasteiger partial charge in [-0.2, -0.15) is 0 Å². The first-order chi connectivity index (χ1) is 11.4. The normalized spacial score (nSPS) is 15.0. The van der Waals surface area contributed by atoms with Crippen molar-refractivity contribution in [2.75, 3.05) is 33.8 Å². The van der Waals surface area contributed by atoms with E-state index in [2.05, 4.69) is 0 Å². The second kappa shape index (κ2) is 7.95. The van der Waals surface area contributed by atoms with Gasteiger partial charge in [0.2, 0.25) is 0 Å². The number of piperidine rings is 1. The Morgan fingerprint density at radius 3 is 2.38 bits per heavy atom. The van der Waals surface area contributed by atoms with Crippen LogP contribution in [0.3, 0.4) is 0 Å². The van der Waals surface area contributed by atoms with Gasteiger partial charge < -0.3 is 14.5 Å². The molecule has 0 N–H and O–H groups in total. The molecule has 0 spiro atoms. The van der Waals surface area contributed by atoms with Crippen LogP contribution in [-0.4, -0.2) is 61.4 Å². The van der Waals surface area contributed by atoms with E-state index in [1.165, 1.54) is 4.90 Å². The van der Waals surface area contributed by atoms with Crippen molar-refractivity contribution in [2.24, 2.45) is 5.92 Å². The molecule has 0 radical (unpaired) electrons. The Morgan fingerprint density at radius 1 is 1.17 bits per heavy atom. The smallest absolute Gasteiger partial charge is 0.309 e. The molecule has 0 saturated carbocycles. The zero-order chi connectivity index (χ0) is 17.7. The average Bonchev–Trinajstić information content (AvgIpc) is 2.59. The van der Waals surface area contributed by atoms with Crippen LogP contribution in [0.25, 0.3) is 0 Å². The van der Waals surface area contributed by atoms with Gasteiger partial charge in [0.15, 0.2) is 6.61 Å². The molecule has 6 nitrogen and oxygen atoms in total. The fourth-order valence-corrected chi connectivity index (χ4v) is 2.68. The van der Waals surface area contributed by atoms with Gasteiger partial charge in [-0.15, -0.1) is 0 Å². The molecular formula is C18H24N2O4. The van der Waals surface area contributed by atoms with Gasteiger partial charge in [-0.05, 0) is 31.4 Å². The summed E-state index contributed by atoms with van der Waals surface area (Å²) >= 11 is 0. The van der Waals surface area contributed by atoms with E-state index in [1.54, 1.807) is 19.0 Å². The van der Waals surface area contributed by atoms with E-state index < -0.39 is 0 Å². The largest absolute Gasteiger partial charge is 0.455 e. The predicted molar refractivity (Wildman–Crippen MR) is 89.5 cm³/mol. The lowest BCUT2D eigenvalue weighted by atomic mass is 9.96. The maximum absolute atomic E-state index is 12.5. The van der Waals surface area contributed by atoms with Crippen molar-refractivity contribution in [3.63, 3.8) is 0 Å². The minimum absolute atomic E-state index is 0.00250. The third-order valence-corrected chi connectivity index (χ3v) is 4.33. The summed E-state index contributed by atoms with van der Waals surface area (Å²) in [5.74, 6) is -0.840. The average molecular weight is 332 g/mol. The van der Waals surface area contributed by atoms with Crippen molar-refractivity contribution in [2.45, 2.75) is 19.8 Å². The van der Waals surface area contributed by atoms with Crippen LogP contribution in [0.4, 0.5) is 0 Å². The molecule has 1 aromatic carbocycles. The van der Waals surface area contributed by atoms with Gasteiger partial charge >= 0.3 is 5.97 Å².